The standard InChI is InChI=1S/C21H22N2O5/c1-12-5-7-16(8-6-12)23-13(2)20(22-26)17-9-10-19(28-15(4)25)18(21(17)23)11-27-14(3)24/h5-10,22,26H,11H2,1-4H3/p+1. The first kappa shape index (κ1) is 19.6. The highest BCUT2D eigenvalue weighted by atomic mass is 16.5. The van der Waals surface area contributed by atoms with Gasteiger partial charge < -0.3 is 14.0 Å². The van der Waals surface area contributed by atoms with Gasteiger partial charge in [0.2, 0.25) is 0 Å². The Bertz CT molecular complexity index is 1050. The molecule has 3 rings (SSSR count). The SMILES string of the molecule is CC(=O)OCc1c(OC(C)=O)ccc2c([NH2+]O)c(C)n(-c3ccc(C)cc3)c12. The molecule has 3 aromatic rings. The zero-order valence-electron chi connectivity index (χ0n) is 16.3. The first-order valence-electron chi connectivity index (χ1n) is 8.86. The molecule has 2 aromatic carbocycles. The van der Waals surface area contributed by atoms with Crippen LogP contribution in [0.3, 0.4) is 0 Å². The van der Waals surface area contributed by atoms with Crippen LogP contribution >= 0.6 is 0 Å². The highest BCUT2D eigenvalue weighted by Gasteiger charge is 2.24. The van der Waals surface area contributed by atoms with E-state index in [1.807, 2.05) is 42.7 Å². The van der Waals surface area contributed by atoms with Crippen LogP contribution in [0.15, 0.2) is 36.4 Å². The minimum absolute atomic E-state index is 0.0600. The number of nitrogens with zero attached hydrogens (tertiary/aromatic N) is 1. The Morgan fingerprint density at radius 1 is 1.04 bits per heavy atom. The molecule has 0 radical (unpaired) electrons. The third-order valence-corrected chi connectivity index (χ3v) is 4.57. The first-order chi connectivity index (χ1) is 13.3. The quantitative estimate of drug-likeness (QED) is 0.401. The molecule has 0 fully saturated rings. The lowest BCUT2D eigenvalue weighted by Gasteiger charge is -2.14. The Balaban J connectivity index is 2.36. The second-order valence-corrected chi connectivity index (χ2v) is 6.61. The molecule has 0 amide bonds. The highest BCUT2D eigenvalue weighted by Crippen LogP contribution is 2.37. The largest absolute Gasteiger partial charge is 0.461 e. The first-order valence-corrected chi connectivity index (χ1v) is 8.86. The van der Waals surface area contributed by atoms with Gasteiger partial charge in [-0.25, -0.2) is 5.21 Å². The molecule has 0 saturated heterocycles. The maximum Gasteiger partial charge on any atom is 0.308 e. The van der Waals surface area contributed by atoms with Crippen LogP contribution in [0.2, 0.25) is 0 Å². The Morgan fingerprint density at radius 3 is 2.29 bits per heavy atom. The summed E-state index contributed by atoms with van der Waals surface area (Å²) in [7, 11) is 0. The average Bonchev–Trinajstić information content (AvgIpc) is 2.92. The molecule has 0 bridgehead atoms. The topological polar surface area (TPSA) is 94.4 Å². The summed E-state index contributed by atoms with van der Waals surface area (Å²) in [4.78, 5) is 23.0. The fourth-order valence-corrected chi connectivity index (χ4v) is 3.32. The molecule has 0 spiro atoms. The molecule has 0 aliphatic carbocycles. The fourth-order valence-electron chi connectivity index (χ4n) is 3.32. The third-order valence-electron chi connectivity index (χ3n) is 4.57. The maximum absolute atomic E-state index is 11.6. The van der Waals surface area contributed by atoms with Gasteiger partial charge in [0.25, 0.3) is 0 Å². The van der Waals surface area contributed by atoms with Crippen LogP contribution < -0.4 is 10.2 Å². The van der Waals surface area contributed by atoms with Crippen molar-refractivity contribution in [1.29, 1.82) is 0 Å². The summed E-state index contributed by atoms with van der Waals surface area (Å²) in [6.07, 6.45) is 0. The van der Waals surface area contributed by atoms with Gasteiger partial charge >= 0.3 is 11.9 Å². The maximum atomic E-state index is 11.6. The molecule has 0 atom stereocenters. The van der Waals surface area contributed by atoms with Crippen molar-refractivity contribution in [2.24, 2.45) is 0 Å². The zero-order valence-corrected chi connectivity index (χ0v) is 16.3. The van der Waals surface area contributed by atoms with Crippen molar-refractivity contribution in [2.75, 3.05) is 0 Å². The van der Waals surface area contributed by atoms with Gasteiger partial charge in [-0.15, -0.1) is 0 Å². The fraction of sp³-hybridized carbons (Fsp3) is 0.238. The van der Waals surface area contributed by atoms with E-state index in [1.54, 1.807) is 12.1 Å². The van der Waals surface area contributed by atoms with Crippen LogP contribution in [0.5, 0.6) is 5.75 Å². The molecule has 7 heteroatoms. The Kier molecular flexibility index (Phi) is 5.48. The molecule has 3 N–H and O–H groups in total. The molecule has 1 heterocycles. The van der Waals surface area contributed by atoms with E-state index in [4.69, 9.17) is 9.47 Å². The number of carbonyl (C=O) groups excluding carboxylic acids is 2. The number of rotatable bonds is 5. The van der Waals surface area contributed by atoms with Crippen LogP contribution in [-0.4, -0.2) is 21.7 Å². The lowest BCUT2D eigenvalue weighted by Crippen LogP contribution is -2.74. The number of fused-ring (bicyclic) bond motifs is 1. The van der Waals surface area contributed by atoms with Gasteiger partial charge in [0, 0.05) is 19.5 Å². The average molecular weight is 383 g/mol. The smallest absolute Gasteiger partial charge is 0.308 e. The molecule has 146 valence electrons. The van der Waals surface area contributed by atoms with Gasteiger partial charge in [0.1, 0.15) is 12.4 Å². The lowest BCUT2D eigenvalue weighted by molar-refractivity contribution is -0.825. The summed E-state index contributed by atoms with van der Waals surface area (Å²) in [5.41, 5.74) is 5.78. The third kappa shape index (κ3) is 3.62. The number of ether oxygens (including phenoxy) is 2. The van der Waals surface area contributed by atoms with E-state index in [1.165, 1.54) is 13.8 Å². The number of esters is 2. The number of benzene rings is 2. The van der Waals surface area contributed by atoms with Crippen LogP contribution in [-0.2, 0) is 20.9 Å². The van der Waals surface area contributed by atoms with E-state index in [0.717, 1.165) is 27.8 Å². The Morgan fingerprint density at radius 2 is 1.71 bits per heavy atom. The minimum atomic E-state index is -0.470. The normalized spacial score (nSPS) is 10.9. The van der Waals surface area contributed by atoms with Gasteiger partial charge in [-0.3, -0.25) is 9.59 Å². The van der Waals surface area contributed by atoms with Crippen molar-refractivity contribution in [3.8, 4) is 11.4 Å². The molecule has 1 aromatic heterocycles. The van der Waals surface area contributed by atoms with Gasteiger partial charge in [-0.1, -0.05) is 17.7 Å². The molecule has 0 aliphatic heterocycles. The summed E-state index contributed by atoms with van der Waals surface area (Å²) >= 11 is 0. The van der Waals surface area contributed by atoms with E-state index in [2.05, 4.69) is 0 Å². The number of hydrogen-bond acceptors (Lipinski definition) is 5. The van der Waals surface area contributed by atoms with Crippen LogP contribution in [0, 0.1) is 13.8 Å². The van der Waals surface area contributed by atoms with Crippen LogP contribution in [0.1, 0.15) is 30.7 Å². The molecular formula is C21H23N2O5+. The predicted molar refractivity (Wildman–Crippen MR) is 103 cm³/mol. The van der Waals surface area contributed by atoms with Crippen molar-refractivity contribution >= 4 is 28.5 Å². The van der Waals surface area contributed by atoms with Crippen molar-refractivity contribution in [3.05, 3.63) is 53.2 Å². The molecule has 0 aliphatic rings. The van der Waals surface area contributed by atoms with Crippen molar-refractivity contribution in [1.82, 2.24) is 4.57 Å². The van der Waals surface area contributed by atoms with Crippen molar-refractivity contribution in [2.45, 2.75) is 34.3 Å². The molecule has 0 saturated carbocycles. The predicted octanol–water partition coefficient (Wildman–Crippen LogP) is 2.82. The molecular weight excluding hydrogens is 360 g/mol. The zero-order chi connectivity index (χ0) is 20.4. The number of aromatic nitrogens is 1. The second kappa shape index (κ2) is 7.84. The number of aryl methyl sites for hydroxylation is 1. The van der Waals surface area contributed by atoms with E-state index in [9.17, 15) is 14.8 Å². The molecule has 7 nitrogen and oxygen atoms in total. The second-order valence-electron chi connectivity index (χ2n) is 6.61. The minimum Gasteiger partial charge on any atom is -0.461 e. The Labute approximate surface area is 162 Å². The summed E-state index contributed by atoms with van der Waals surface area (Å²) in [6, 6.07) is 11.3. The number of carbonyl (C=O) groups is 2. The van der Waals surface area contributed by atoms with E-state index >= 15 is 0 Å². The highest BCUT2D eigenvalue weighted by molar-refractivity contribution is 5.96. The van der Waals surface area contributed by atoms with Gasteiger partial charge in [-0.05, 0) is 38.1 Å². The van der Waals surface area contributed by atoms with Gasteiger partial charge in [0.05, 0.1) is 22.2 Å². The number of nitrogens with two attached hydrogens (primary N) is 1. The summed E-state index contributed by atoms with van der Waals surface area (Å²) in [6.45, 7) is 6.47. The molecule has 0 unspecified atom stereocenters. The Hall–Kier alpha value is -3.16. The van der Waals surface area contributed by atoms with Crippen molar-refractivity contribution in [3.63, 3.8) is 0 Å². The van der Waals surface area contributed by atoms with E-state index < -0.39 is 11.9 Å². The lowest BCUT2D eigenvalue weighted by atomic mass is 10.1. The van der Waals surface area contributed by atoms with E-state index in [-0.39, 0.29) is 6.61 Å². The van der Waals surface area contributed by atoms with Gasteiger partial charge in [0.15, 0.2) is 5.69 Å². The summed E-state index contributed by atoms with van der Waals surface area (Å²) in [5, 5.41) is 10.6. The van der Waals surface area contributed by atoms with Crippen LogP contribution in [0.4, 0.5) is 5.69 Å². The monoisotopic (exact) mass is 383 g/mol. The summed E-state index contributed by atoms with van der Waals surface area (Å²) in [5.74, 6) is -0.593. The number of quaternary nitrogens is 1. The molecule has 28 heavy (non-hydrogen) atoms. The summed E-state index contributed by atoms with van der Waals surface area (Å²) < 4.78 is 12.6. The number of hydrogen-bond donors (Lipinski definition) is 2. The van der Waals surface area contributed by atoms with Crippen molar-refractivity contribution < 1.29 is 29.8 Å². The van der Waals surface area contributed by atoms with Gasteiger partial charge in [-0.2, -0.15) is 5.48 Å². The van der Waals surface area contributed by atoms with E-state index in [0.29, 0.717) is 22.5 Å². The van der Waals surface area contributed by atoms with Crippen LogP contribution in [0.25, 0.3) is 16.6 Å².